The fourth-order valence-corrected chi connectivity index (χ4v) is 5.64. The molecule has 1 atom stereocenters. The van der Waals surface area contributed by atoms with E-state index in [-0.39, 0.29) is 18.1 Å². The normalized spacial score (nSPS) is 23.3. The SMILES string of the molecule is CCC1c2[nH]c3ccccc3c2CCN1C(=O)[C@H]1CC[C@H](CN(C)C(=O)OC(C)(C)C)CC1. The Morgan fingerprint density at radius 2 is 1.85 bits per heavy atom. The highest BCUT2D eigenvalue weighted by Gasteiger charge is 2.37. The van der Waals surface area contributed by atoms with Gasteiger partial charge in [0.1, 0.15) is 5.60 Å². The number of H-pyrrole nitrogens is 1. The molecule has 180 valence electrons. The largest absolute Gasteiger partial charge is 0.444 e. The van der Waals surface area contributed by atoms with E-state index in [1.54, 1.807) is 4.90 Å². The van der Waals surface area contributed by atoms with Crippen molar-refractivity contribution in [1.82, 2.24) is 14.8 Å². The predicted octanol–water partition coefficient (Wildman–Crippen LogP) is 5.68. The van der Waals surface area contributed by atoms with Gasteiger partial charge in [0.2, 0.25) is 5.91 Å². The summed E-state index contributed by atoms with van der Waals surface area (Å²) in [5.41, 5.74) is 3.30. The lowest BCUT2D eigenvalue weighted by Gasteiger charge is -2.39. The molecule has 0 bridgehead atoms. The van der Waals surface area contributed by atoms with Gasteiger partial charge in [-0.15, -0.1) is 0 Å². The summed E-state index contributed by atoms with van der Waals surface area (Å²) in [5.74, 6) is 0.827. The van der Waals surface area contributed by atoms with Crippen molar-refractivity contribution in [3.05, 3.63) is 35.5 Å². The van der Waals surface area contributed by atoms with Gasteiger partial charge in [-0.3, -0.25) is 4.79 Å². The molecule has 1 fully saturated rings. The van der Waals surface area contributed by atoms with Crippen molar-refractivity contribution in [2.45, 2.75) is 77.9 Å². The molecule has 1 aliphatic heterocycles. The molecular weight excluding hydrogens is 414 g/mol. The Balaban J connectivity index is 1.36. The van der Waals surface area contributed by atoms with E-state index in [1.807, 2.05) is 27.8 Å². The van der Waals surface area contributed by atoms with Gasteiger partial charge in [-0.25, -0.2) is 4.79 Å². The van der Waals surface area contributed by atoms with Gasteiger partial charge in [-0.2, -0.15) is 0 Å². The maximum Gasteiger partial charge on any atom is 0.410 e. The number of aromatic amines is 1. The van der Waals surface area contributed by atoms with E-state index in [0.717, 1.165) is 45.1 Å². The molecular formula is C27H39N3O3. The number of nitrogens with one attached hydrogen (secondary N) is 1. The summed E-state index contributed by atoms with van der Waals surface area (Å²) < 4.78 is 5.48. The number of amides is 2. The van der Waals surface area contributed by atoms with Crippen molar-refractivity contribution < 1.29 is 14.3 Å². The third kappa shape index (κ3) is 5.04. The number of carbonyl (C=O) groups excluding carboxylic acids is 2. The quantitative estimate of drug-likeness (QED) is 0.648. The molecule has 4 rings (SSSR count). The second-order valence-corrected chi connectivity index (χ2v) is 10.8. The maximum absolute atomic E-state index is 13.6. The van der Waals surface area contributed by atoms with Crippen molar-refractivity contribution in [2.75, 3.05) is 20.1 Å². The number of carbonyl (C=O) groups is 2. The highest BCUT2D eigenvalue weighted by atomic mass is 16.6. The van der Waals surface area contributed by atoms with Crippen molar-refractivity contribution >= 4 is 22.9 Å². The van der Waals surface area contributed by atoms with E-state index in [9.17, 15) is 9.59 Å². The van der Waals surface area contributed by atoms with E-state index in [4.69, 9.17) is 4.74 Å². The average molecular weight is 454 g/mol. The van der Waals surface area contributed by atoms with Crippen LogP contribution in [0.5, 0.6) is 0 Å². The molecule has 1 aromatic heterocycles. The highest BCUT2D eigenvalue weighted by molar-refractivity contribution is 5.86. The summed E-state index contributed by atoms with van der Waals surface area (Å²) in [6.45, 7) is 9.33. The van der Waals surface area contributed by atoms with Crippen molar-refractivity contribution in [3.8, 4) is 0 Å². The number of rotatable bonds is 4. The van der Waals surface area contributed by atoms with Crippen LogP contribution < -0.4 is 0 Å². The minimum atomic E-state index is -0.482. The first-order chi connectivity index (χ1) is 15.7. The van der Waals surface area contributed by atoms with Gasteiger partial charge < -0.3 is 19.5 Å². The number of aromatic nitrogens is 1. The zero-order chi connectivity index (χ0) is 23.8. The molecule has 1 unspecified atom stereocenters. The fraction of sp³-hybridized carbons (Fsp3) is 0.630. The molecule has 2 aliphatic rings. The third-order valence-electron chi connectivity index (χ3n) is 7.26. The molecule has 2 aromatic rings. The summed E-state index contributed by atoms with van der Waals surface area (Å²) in [4.78, 5) is 33.3. The predicted molar refractivity (Wildman–Crippen MR) is 131 cm³/mol. The number of para-hydroxylation sites is 1. The van der Waals surface area contributed by atoms with Gasteiger partial charge in [0.15, 0.2) is 0 Å². The first-order valence-electron chi connectivity index (χ1n) is 12.5. The smallest absolute Gasteiger partial charge is 0.410 e. The molecule has 0 radical (unpaired) electrons. The van der Waals surface area contributed by atoms with Crippen LogP contribution in [0.2, 0.25) is 0 Å². The van der Waals surface area contributed by atoms with Crippen molar-refractivity contribution in [2.24, 2.45) is 11.8 Å². The molecule has 1 saturated carbocycles. The van der Waals surface area contributed by atoms with E-state index < -0.39 is 5.60 Å². The molecule has 1 N–H and O–H groups in total. The fourth-order valence-electron chi connectivity index (χ4n) is 5.64. The lowest BCUT2D eigenvalue weighted by molar-refractivity contribution is -0.140. The maximum atomic E-state index is 13.6. The van der Waals surface area contributed by atoms with Crippen LogP contribution in [0.3, 0.4) is 0 Å². The van der Waals surface area contributed by atoms with Gasteiger partial charge in [-0.1, -0.05) is 25.1 Å². The summed E-state index contributed by atoms with van der Waals surface area (Å²) in [5, 5.41) is 1.30. The lowest BCUT2D eigenvalue weighted by Crippen LogP contribution is -2.44. The Kier molecular flexibility index (Phi) is 6.73. The molecule has 2 heterocycles. The zero-order valence-electron chi connectivity index (χ0n) is 20.8. The topological polar surface area (TPSA) is 65.6 Å². The third-order valence-corrected chi connectivity index (χ3v) is 7.26. The summed E-state index contributed by atoms with van der Waals surface area (Å²) in [7, 11) is 1.81. The second-order valence-electron chi connectivity index (χ2n) is 10.8. The Hall–Kier alpha value is -2.50. The molecule has 1 aliphatic carbocycles. The minimum absolute atomic E-state index is 0.0908. The van der Waals surface area contributed by atoms with E-state index in [2.05, 4.69) is 41.1 Å². The zero-order valence-corrected chi connectivity index (χ0v) is 20.8. The first-order valence-corrected chi connectivity index (χ1v) is 12.5. The van der Waals surface area contributed by atoms with Gasteiger partial charge in [0, 0.05) is 42.7 Å². The average Bonchev–Trinajstić information content (AvgIpc) is 3.16. The standard InChI is InChI=1S/C27H39N3O3/c1-6-23-24-21(20-9-7-8-10-22(20)28-24)15-16-30(23)25(31)19-13-11-18(12-14-19)17-29(5)26(32)33-27(2,3)4/h7-10,18-19,23,28H,6,11-17H2,1-5H3/t18-,19-,23?. The van der Waals surface area contributed by atoms with E-state index in [0.29, 0.717) is 18.4 Å². The van der Waals surface area contributed by atoms with Crippen LogP contribution in [0.4, 0.5) is 4.79 Å². The molecule has 6 nitrogen and oxygen atoms in total. The number of hydrogen-bond acceptors (Lipinski definition) is 3. The number of ether oxygens (including phenoxy) is 1. The highest BCUT2D eigenvalue weighted by Crippen LogP contribution is 2.39. The number of hydrogen-bond donors (Lipinski definition) is 1. The van der Waals surface area contributed by atoms with Gasteiger partial charge in [-0.05, 0) is 76.8 Å². The van der Waals surface area contributed by atoms with Crippen molar-refractivity contribution in [3.63, 3.8) is 0 Å². The first kappa shape index (κ1) is 23.7. The lowest BCUT2D eigenvalue weighted by atomic mass is 9.80. The summed E-state index contributed by atoms with van der Waals surface area (Å²) >= 11 is 0. The number of fused-ring (bicyclic) bond motifs is 3. The van der Waals surface area contributed by atoms with Crippen LogP contribution in [0.25, 0.3) is 10.9 Å². The van der Waals surface area contributed by atoms with Gasteiger partial charge >= 0.3 is 6.09 Å². The Morgan fingerprint density at radius 3 is 2.52 bits per heavy atom. The molecule has 1 aromatic carbocycles. The summed E-state index contributed by atoms with van der Waals surface area (Å²) in [6.07, 6.45) is 5.32. The number of nitrogens with zero attached hydrogens (tertiary/aromatic N) is 2. The van der Waals surface area contributed by atoms with Crippen LogP contribution in [0.15, 0.2) is 24.3 Å². The molecule has 2 amide bonds. The Labute approximate surface area is 197 Å². The molecule has 6 heteroatoms. The molecule has 33 heavy (non-hydrogen) atoms. The Morgan fingerprint density at radius 1 is 1.15 bits per heavy atom. The second kappa shape index (κ2) is 9.40. The van der Waals surface area contributed by atoms with Crippen LogP contribution >= 0.6 is 0 Å². The van der Waals surface area contributed by atoms with Crippen LogP contribution in [-0.4, -0.2) is 52.5 Å². The minimum Gasteiger partial charge on any atom is -0.444 e. The van der Waals surface area contributed by atoms with Crippen molar-refractivity contribution in [1.29, 1.82) is 0 Å². The monoisotopic (exact) mass is 453 g/mol. The van der Waals surface area contributed by atoms with Gasteiger partial charge in [0.25, 0.3) is 0 Å². The van der Waals surface area contributed by atoms with Crippen LogP contribution in [-0.2, 0) is 16.0 Å². The Bertz CT molecular complexity index is 998. The van der Waals surface area contributed by atoms with E-state index >= 15 is 0 Å². The van der Waals surface area contributed by atoms with Gasteiger partial charge in [0.05, 0.1) is 6.04 Å². The molecule has 0 saturated heterocycles. The van der Waals surface area contributed by atoms with Crippen LogP contribution in [0, 0.1) is 11.8 Å². The van der Waals surface area contributed by atoms with E-state index in [1.165, 1.54) is 22.2 Å². The number of benzene rings is 1. The summed E-state index contributed by atoms with van der Waals surface area (Å²) in [6, 6.07) is 8.59. The molecule has 0 spiro atoms. The van der Waals surface area contributed by atoms with Crippen LogP contribution in [0.1, 0.15) is 77.1 Å².